The number of carbonyl (C=O) groups excluding carboxylic acids is 2. The number of esters is 1. The summed E-state index contributed by atoms with van der Waals surface area (Å²) in [6.07, 6.45) is 3.86. The van der Waals surface area contributed by atoms with Crippen LogP contribution in [0.2, 0.25) is 0 Å². The second kappa shape index (κ2) is 9.35. The molecule has 1 unspecified atom stereocenters. The van der Waals surface area contributed by atoms with E-state index in [0.717, 1.165) is 36.2 Å². The van der Waals surface area contributed by atoms with Crippen molar-refractivity contribution in [3.05, 3.63) is 53.7 Å². The van der Waals surface area contributed by atoms with Crippen LogP contribution < -0.4 is 10.2 Å². The lowest BCUT2D eigenvalue weighted by molar-refractivity contribution is -0.148. The van der Waals surface area contributed by atoms with Gasteiger partial charge in [-0.05, 0) is 44.4 Å². The van der Waals surface area contributed by atoms with Crippen molar-refractivity contribution in [2.75, 3.05) is 29.9 Å². The van der Waals surface area contributed by atoms with E-state index in [1.54, 1.807) is 12.3 Å². The Labute approximate surface area is 165 Å². The molecule has 0 aliphatic carbocycles. The van der Waals surface area contributed by atoms with Gasteiger partial charge < -0.3 is 15.0 Å². The molecule has 1 atom stereocenters. The summed E-state index contributed by atoms with van der Waals surface area (Å²) in [5.41, 5.74) is 3.06. The Bertz CT molecular complexity index is 820. The van der Waals surface area contributed by atoms with Crippen molar-refractivity contribution in [3.63, 3.8) is 0 Å². The van der Waals surface area contributed by atoms with Crippen molar-refractivity contribution in [2.24, 2.45) is 5.92 Å². The first-order chi connectivity index (χ1) is 13.5. The summed E-state index contributed by atoms with van der Waals surface area (Å²) in [7, 11) is 0. The van der Waals surface area contributed by atoms with Crippen LogP contribution in [0.4, 0.5) is 11.5 Å². The van der Waals surface area contributed by atoms with Gasteiger partial charge in [0.15, 0.2) is 0 Å². The van der Waals surface area contributed by atoms with E-state index in [1.807, 2.05) is 44.2 Å². The zero-order chi connectivity index (χ0) is 19.9. The predicted octanol–water partition coefficient (Wildman–Crippen LogP) is 3.35. The van der Waals surface area contributed by atoms with Gasteiger partial charge in [-0.3, -0.25) is 9.59 Å². The lowest BCUT2D eigenvalue weighted by atomic mass is 9.98. The Hall–Kier alpha value is -2.89. The van der Waals surface area contributed by atoms with Crippen LogP contribution in [0.5, 0.6) is 0 Å². The number of rotatable bonds is 6. The summed E-state index contributed by atoms with van der Waals surface area (Å²) in [6.45, 7) is 5.77. The monoisotopic (exact) mass is 381 g/mol. The van der Waals surface area contributed by atoms with Gasteiger partial charge >= 0.3 is 5.97 Å². The van der Waals surface area contributed by atoms with E-state index in [2.05, 4.69) is 15.2 Å². The Kier molecular flexibility index (Phi) is 6.63. The third kappa shape index (κ3) is 5.31. The number of hydrogen-bond acceptors (Lipinski definition) is 5. The second-order valence-corrected chi connectivity index (χ2v) is 7.15. The van der Waals surface area contributed by atoms with E-state index in [9.17, 15) is 9.59 Å². The number of benzene rings is 1. The molecule has 6 heteroatoms. The molecule has 1 aliphatic rings. The summed E-state index contributed by atoms with van der Waals surface area (Å²) in [4.78, 5) is 30.8. The van der Waals surface area contributed by atoms with Crippen LogP contribution in [0.1, 0.15) is 30.9 Å². The van der Waals surface area contributed by atoms with E-state index in [4.69, 9.17) is 4.74 Å². The summed E-state index contributed by atoms with van der Waals surface area (Å²) < 4.78 is 5.16. The van der Waals surface area contributed by atoms with Crippen molar-refractivity contribution < 1.29 is 14.3 Å². The Morgan fingerprint density at radius 2 is 2.14 bits per heavy atom. The van der Waals surface area contributed by atoms with Crippen LogP contribution in [0.15, 0.2) is 42.6 Å². The number of hydrogen-bond donors (Lipinski definition) is 1. The summed E-state index contributed by atoms with van der Waals surface area (Å²) in [6, 6.07) is 11.6. The lowest BCUT2D eigenvalue weighted by Crippen LogP contribution is -2.39. The molecule has 3 rings (SSSR count). The molecule has 0 bridgehead atoms. The summed E-state index contributed by atoms with van der Waals surface area (Å²) in [5.74, 6) is 0.217. The van der Waals surface area contributed by atoms with E-state index >= 15 is 0 Å². The standard InChI is InChI=1S/C22H27N3O3/c1-3-28-22(27)18-8-5-11-25(15-18)19-9-10-20(23-14-19)24-21(26)13-17-7-4-6-16(2)12-17/h4,6-7,9-10,12,14,18H,3,5,8,11,13,15H2,1-2H3,(H,23,24,26). The normalized spacial score (nSPS) is 16.5. The van der Waals surface area contributed by atoms with E-state index < -0.39 is 0 Å². The highest BCUT2D eigenvalue weighted by Gasteiger charge is 2.27. The van der Waals surface area contributed by atoms with Crippen molar-refractivity contribution >= 4 is 23.4 Å². The fraction of sp³-hybridized carbons (Fsp3) is 0.409. The Morgan fingerprint density at radius 1 is 1.29 bits per heavy atom. The van der Waals surface area contributed by atoms with Gasteiger partial charge in [-0.1, -0.05) is 29.8 Å². The molecule has 1 aromatic heterocycles. The quantitative estimate of drug-likeness (QED) is 0.777. The minimum absolute atomic E-state index is 0.0915. The molecule has 1 N–H and O–H groups in total. The van der Waals surface area contributed by atoms with E-state index in [0.29, 0.717) is 25.4 Å². The van der Waals surface area contributed by atoms with Gasteiger partial charge in [-0.15, -0.1) is 0 Å². The number of nitrogens with zero attached hydrogens (tertiary/aromatic N) is 2. The van der Waals surface area contributed by atoms with Gasteiger partial charge in [0, 0.05) is 13.1 Å². The molecule has 1 aliphatic heterocycles. The number of aromatic nitrogens is 1. The van der Waals surface area contributed by atoms with Crippen LogP contribution in [0.25, 0.3) is 0 Å². The van der Waals surface area contributed by atoms with Gasteiger partial charge in [0.05, 0.1) is 30.8 Å². The van der Waals surface area contributed by atoms with Crippen LogP contribution in [0.3, 0.4) is 0 Å². The maximum absolute atomic E-state index is 12.2. The largest absolute Gasteiger partial charge is 0.466 e. The SMILES string of the molecule is CCOC(=O)C1CCCN(c2ccc(NC(=O)Cc3cccc(C)c3)nc2)C1. The molecule has 1 amide bonds. The maximum Gasteiger partial charge on any atom is 0.310 e. The van der Waals surface area contributed by atoms with Gasteiger partial charge in [-0.25, -0.2) is 4.98 Å². The highest BCUT2D eigenvalue weighted by molar-refractivity contribution is 5.91. The lowest BCUT2D eigenvalue weighted by Gasteiger charge is -2.33. The van der Waals surface area contributed by atoms with E-state index in [1.165, 1.54) is 0 Å². The summed E-state index contributed by atoms with van der Waals surface area (Å²) in [5, 5.41) is 2.84. The fourth-order valence-electron chi connectivity index (χ4n) is 3.51. The van der Waals surface area contributed by atoms with Crippen LogP contribution >= 0.6 is 0 Å². The van der Waals surface area contributed by atoms with Crippen molar-refractivity contribution in [1.29, 1.82) is 0 Å². The first-order valence-electron chi connectivity index (χ1n) is 9.78. The predicted molar refractivity (Wildman–Crippen MR) is 109 cm³/mol. The first-order valence-corrected chi connectivity index (χ1v) is 9.78. The van der Waals surface area contributed by atoms with E-state index in [-0.39, 0.29) is 17.8 Å². The van der Waals surface area contributed by atoms with Gasteiger partial charge in [-0.2, -0.15) is 0 Å². The number of ether oxygens (including phenoxy) is 1. The zero-order valence-electron chi connectivity index (χ0n) is 16.5. The van der Waals surface area contributed by atoms with Crippen molar-refractivity contribution in [2.45, 2.75) is 33.1 Å². The maximum atomic E-state index is 12.2. The Balaban J connectivity index is 1.57. The van der Waals surface area contributed by atoms with Gasteiger partial charge in [0.1, 0.15) is 5.82 Å². The number of carbonyl (C=O) groups is 2. The average Bonchev–Trinajstić information content (AvgIpc) is 2.69. The molecule has 0 saturated carbocycles. The molecular formula is C22H27N3O3. The molecule has 1 aromatic carbocycles. The van der Waals surface area contributed by atoms with Gasteiger partial charge in [0.2, 0.25) is 5.91 Å². The molecular weight excluding hydrogens is 354 g/mol. The molecule has 6 nitrogen and oxygen atoms in total. The zero-order valence-corrected chi connectivity index (χ0v) is 16.5. The number of anilines is 2. The van der Waals surface area contributed by atoms with Crippen LogP contribution in [-0.4, -0.2) is 36.6 Å². The van der Waals surface area contributed by atoms with Crippen LogP contribution in [-0.2, 0) is 20.7 Å². The summed E-state index contributed by atoms with van der Waals surface area (Å²) >= 11 is 0. The molecule has 148 valence electrons. The smallest absolute Gasteiger partial charge is 0.310 e. The number of nitrogens with one attached hydrogen (secondary N) is 1. The number of pyridine rings is 1. The molecule has 0 spiro atoms. The minimum Gasteiger partial charge on any atom is -0.466 e. The van der Waals surface area contributed by atoms with Crippen LogP contribution in [0, 0.1) is 12.8 Å². The van der Waals surface area contributed by atoms with Crippen molar-refractivity contribution in [1.82, 2.24) is 4.98 Å². The molecule has 1 saturated heterocycles. The number of aryl methyl sites for hydroxylation is 1. The third-order valence-corrected chi connectivity index (χ3v) is 4.87. The second-order valence-electron chi connectivity index (χ2n) is 7.15. The highest BCUT2D eigenvalue weighted by Crippen LogP contribution is 2.24. The fourth-order valence-corrected chi connectivity index (χ4v) is 3.51. The minimum atomic E-state index is -0.125. The number of piperidine rings is 1. The average molecular weight is 381 g/mol. The van der Waals surface area contributed by atoms with Gasteiger partial charge in [0.25, 0.3) is 0 Å². The molecule has 0 radical (unpaired) electrons. The Morgan fingerprint density at radius 3 is 2.86 bits per heavy atom. The molecule has 28 heavy (non-hydrogen) atoms. The molecule has 2 aromatic rings. The van der Waals surface area contributed by atoms with Crippen molar-refractivity contribution in [3.8, 4) is 0 Å². The third-order valence-electron chi connectivity index (χ3n) is 4.87. The molecule has 2 heterocycles. The number of amides is 1. The topological polar surface area (TPSA) is 71.5 Å². The molecule has 1 fully saturated rings. The highest BCUT2D eigenvalue weighted by atomic mass is 16.5. The first kappa shape index (κ1) is 19.9.